The second-order valence-electron chi connectivity index (χ2n) is 24.2. The minimum atomic E-state index is -1.58. The van der Waals surface area contributed by atoms with Gasteiger partial charge in [0.1, 0.15) is 24.4 Å². The first-order valence-electron chi connectivity index (χ1n) is 35.3. The first-order valence-corrected chi connectivity index (χ1v) is 35.3. The molecule has 7 unspecified atom stereocenters. The third-order valence-electron chi connectivity index (χ3n) is 16.3. The largest absolute Gasteiger partial charge is 0.466 e. The van der Waals surface area contributed by atoms with Crippen molar-refractivity contribution in [2.45, 2.75) is 352 Å². The molecule has 1 aliphatic heterocycles. The highest BCUT2D eigenvalue weighted by atomic mass is 16.7. The predicted molar refractivity (Wildman–Crippen MR) is 356 cm³/mol. The van der Waals surface area contributed by atoms with Crippen LogP contribution in [0.2, 0.25) is 0 Å². The summed E-state index contributed by atoms with van der Waals surface area (Å²) in [5, 5.41) is 54.2. The number of unbranched alkanes of at least 4 members (excludes halogenated alkanes) is 36. The molecule has 11 heteroatoms. The number of aliphatic hydroxyl groups excluding tert-OH is 5. The van der Waals surface area contributed by atoms with Crippen molar-refractivity contribution >= 4 is 11.9 Å². The Hall–Kier alpha value is -3.16. The summed E-state index contributed by atoms with van der Waals surface area (Å²) in [6.07, 6.45) is 76.2. The van der Waals surface area contributed by atoms with E-state index >= 15 is 0 Å². The summed E-state index contributed by atoms with van der Waals surface area (Å²) in [6, 6.07) is -0.833. The van der Waals surface area contributed by atoms with Gasteiger partial charge in [-0.05, 0) is 110 Å². The van der Waals surface area contributed by atoms with Crippen LogP contribution in [0.3, 0.4) is 0 Å². The van der Waals surface area contributed by atoms with Gasteiger partial charge in [0.15, 0.2) is 6.29 Å². The van der Waals surface area contributed by atoms with Crippen molar-refractivity contribution in [3.05, 3.63) is 85.1 Å². The Labute approximate surface area is 521 Å². The third kappa shape index (κ3) is 51.4. The summed E-state index contributed by atoms with van der Waals surface area (Å²) in [6.45, 7) is 4.03. The smallest absolute Gasteiger partial charge is 0.305 e. The Bertz CT molecular complexity index is 1690. The zero-order valence-electron chi connectivity index (χ0n) is 54.5. The van der Waals surface area contributed by atoms with Gasteiger partial charge in [-0.25, -0.2) is 0 Å². The number of rotatable bonds is 61. The first-order chi connectivity index (χ1) is 41.7. The number of hydrogen-bond donors (Lipinski definition) is 6. The molecule has 1 amide bonds. The fourth-order valence-corrected chi connectivity index (χ4v) is 10.7. The van der Waals surface area contributed by atoms with Crippen LogP contribution in [-0.2, 0) is 23.8 Å². The number of allylic oxidation sites excluding steroid dienone is 13. The molecule has 0 aromatic heterocycles. The number of amides is 1. The van der Waals surface area contributed by atoms with Crippen LogP contribution in [0.1, 0.15) is 309 Å². The van der Waals surface area contributed by atoms with Crippen LogP contribution in [0.15, 0.2) is 85.1 Å². The van der Waals surface area contributed by atoms with Gasteiger partial charge in [0, 0.05) is 12.8 Å². The maximum atomic E-state index is 13.0. The maximum absolute atomic E-state index is 13.0. The molecule has 1 fully saturated rings. The molecule has 6 N–H and O–H groups in total. The van der Waals surface area contributed by atoms with E-state index in [0.29, 0.717) is 19.4 Å². The van der Waals surface area contributed by atoms with E-state index in [1.165, 1.54) is 205 Å². The number of esters is 1. The van der Waals surface area contributed by atoms with Gasteiger partial charge in [-0.2, -0.15) is 0 Å². The number of carbonyl (C=O) groups is 2. The SMILES string of the molecule is C/C=C/CC/C=C/CC/C=C/C(O)C(COC1OC(CO)C(O)C(O)C1O)NC(=O)CCCCCCCCCCCCCCCCCCC/C=C\C/C=C\CCCCCCCCCCCCCOC(=O)CCCCCCC/C=C\C/C=C\CCC. The summed E-state index contributed by atoms with van der Waals surface area (Å²) in [4.78, 5) is 25.0. The molecule has 85 heavy (non-hydrogen) atoms. The molecule has 0 saturated carbocycles. The molecular formula is C74H131NO10. The lowest BCUT2D eigenvalue weighted by Gasteiger charge is -2.40. The van der Waals surface area contributed by atoms with Gasteiger partial charge in [0.2, 0.25) is 5.91 Å². The Morgan fingerprint density at radius 3 is 1.29 bits per heavy atom. The standard InChI is InChI=1S/C74H131NO10/c1-3-5-7-9-11-13-14-38-42-46-50-54-58-62-70(79)83-63-59-55-51-47-43-40-37-35-33-31-29-27-25-23-21-19-17-15-16-18-20-22-24-26-28-30-32-34-36-39-41-45-49-53-57-61-69(78)75-66(67(77)60-56-52-48-44-12-10-8-6-4-2)65-84-74-73(82)72(81)71(80)68(64-76)85-74/h4,6-7,9,12-14,17,19,23,25,44,56,60,66-68,71-74,76-77,80-82H,3,5,8,10-11,15-16,18,20-22,24,26-43,45-55,57-59,61-65H2,1-2H3,(H,75,78)/b6-4+,9-7-,14-13-,19-17-,25-23-,44-12+,60-56+. The zero-order valence-corrected chi connectivity index (χ0v) is 54.5. The van der Waals surface area contributed by atoms with E-state index in [4.69, 9.17) is 14.2 Å². The third-order valence-corrected chi connectivity index (χ3v) is 16.3. The van der Waals surface area contributed by atoms with E-state index in [9.17, 15) is 35.1 Å². The average molecular weight is 1190 g/mol. The van der Waals surface area contributed by atoms with Crippen LogP contribution in [0, 0.1) is 0 Å². The van der Waals surface area contributed by atoms with E-state index in [1.54, 1.807) is 6.08 Å². The highest BCUT2D eigenvalue weighted by Gasteiger charge is 2.44. The van der Waals surface area contributed by atoms with Gasteiger partial charge >= 0.3 is 5.97 Å². The monoisotopic (exact) mass is 1190 g/mol. The van der Waals surface area contributed by atoms with E-state index < -0.39 is 49.5 Å². The quantitative estimate of drug-likeness (QED) is 0.0195. The lowest BCUT2D eigenvalue weighted by atomic mass is 9.99. The number of nitrogens with one attached hydrogen (secondary N) is 1. The lowest BCUT2D eigenvalue weighted by Crippen LogP contribution is -2.60. The molecule has 0 spiro atoms. The van der Waals surface area contributed by atoms with Crippen LogP contribution in [0.5, 0.6) is 0 Å². The van der Waals surface area contributed by atoms with E-state index in [0.717, 1.165) is 77.0 Å². The van der Waals surface area contributed by atoms with Crippen LogP contribution < -0.4 is 5.32 Å². The Morgan fingerprint density at radius 1 is 0.459 bits per heavy atom. The normalized spacial score (nSPS) is 18.5. The second kappa shape index (κ2) is 62.4. The highest BCUT2D eigenvalue weighted by molar-refractivity contribution is 5.76. The summed E-state index contributed by atoms with van der Waals surface area (Å²) < 4.78 is 16.7. The average Bonchev–Trinajstić information content (AvgIpc) is 3.17. The lowest BCUT2D eigenvalue weighted by molar-refractivity contribution is -0.302. The fourth-order valence-electron chi connectivity index (χ4n) is 10.7. The maximum Gasteiger partial charge on any atom is 0.305 e. The zero-order chi connectivity index (χ0) is 61.6. The van der Waals surface area contributed by atoms with Crippen molar-refractivity contribution in [1.82, 2.24) is 5.32 Å². The summed E-state index contributed by atoms with van der Waals surface area (Å²) in [5.41, 5.74) is 0. The Balaban J connectivity index is 1.91. The van der Waals surface area contributed by atoms with Crippen LogP contribution >= 0.6 is 0 Å². The van der Waals surface area contributed by atoms with Crippen molar-refractivity contribution in [2.24, 2.45) is 0 Å². The van der Waals surface area contributed by atoms with E-state index in [1.807, 2.05) is 19.1 Å². The molecule has 0 aliphatic carbocycles. The molecule has 1 saturated heterocycles. The van der Waals surface area contributed by atoms with Gasteiger partial charge in [0.25, 0.3) is 0 Å². The Kier molecular flexibility index (Phi) is 58.7. The van der Waals surface area contributed by atoms with Gasteiger partial charge in [-0.3, -0.25) is 9.59 Å². The molecule has 492 valence electrons. The molecule has 7 atom stereocenters. The van der Waals surface area contributed by atoms with Crippen molar-refractivity contribution in [3.63, 3.8) is 0 Å². The molecule has 1 heterocycles. The predicted octanol–water partition coefficient (Wildman–Crippen LogP) is 18.1. The molecule has 0 aromatic rings. The first kappa shape index (κ1) is 79.9. The van der Waals surface area contributed by atoms with Crippen LogP contribution in [0.4, 0.5) is 0 Å². The molecule has 0 radical (unpaired) electrons. The molecule has 11 nitrogen and oxygen atoms in total. The molecular weight excluding hydrogens is 1060 g/mol. The van der Waals surface area contributed by atoms with Crippen molar-refractivity contribution in [3.8, 4) is 0 Å². The van der Waals surface area contributed by atoms with Gasteiger partial charge < -0.3 is 45.1 Å². The van der Waals surface area contributed by atoms with Crippen molar-refractivity contribution < 1.29 is 49.3 Å². The number of carbonyl (C=O) groups excluding carboxylic acids is 2. The summed E-state index contributed by atoms with van der Waals surface area (Å²) in [5.74, 6) is -0.204. The molecule has 0 bridgehead atoms. The van der Waals surface area contributed by atoms with Gasteiger partial charge in [-0.1, -0.05) is 272 Å². The molecule has 0 aromatic carbocycles. The van der Waals surface area contributed by atoms with Gasteiger partial charge in [-0.15, -0.1) is 0 Å². The van der Waals surface area contributed by atoms with Crippen LogP contribution in [-0.4, -0.2) is 100 Å². The van der Waals surface area contributed by atoms with Gasteiger partial charge in [0.05, 0.1) is 32.0 Å². The summed E-state index contributed by atoms with van der Waals surface area (Å²) >= 11 is 0. The van der Waals surface area contributed by atoms with Crippen LogP contribution in [0.25, 0.3) is 0 Å². The second-order valence-corrected chi connectivity index (χ2v) is 24.2. The number of hydrogen-bond acceptors (Lipinski definition) is 10. The minimum Gasteiger partial charge on any atom is -0.466 e. The minimum absolute atomic E-state index is 0.00644. The number of ether oxygens (including phenoxy) is 3. The summed E-state index contributed by atoms with van der Waals surface area (Å²) in [7, 11) is 0. The molecule has 1 rings (SSSR count). The Morgan fingerprint density at radius 2 is 0.847 bits per heavy atom. The van der Waals surface area contributed by atoms with Crippen molar-refractivity contribution in [1.29, 1.82) is 0 Å². The van der Waals surface area contributed by atoms with E-state index in [2.05, 4.69) is 79.1 Å². The highest BCUT2D eigenvalue weighted by Crippen LogP contribution is 2.23. The number of aliphatic hydroxyl groups is 5. The molecule has 1 aliphatic rings. The van der Waals surface area contributed by atoms with Crippen molar-refractivity contribution in [2.75, 3.05) is 19.8 Å². The van der Waals surface area contributed by atoms with E-state index in [-0.39, 0.29) is 18.5 Å². The topological polar surface area (TPSA) is 175 Å². The fraction of sp³-hybridized carbons (Fsp3) is 0.784.